The van der Waals surface area contributed by atoms with Crippen molar-refractivity contribution in [2.75, 3.05) is 105 Å². The van der Waals surface area contributed by atoms with Crippen LogP contribution in [0.3, 0.4) is 0 Å². The van der Waals surface area contributed by atoms with Crippen LogP contribution in [0.1, 0.15) is 0 Å². The third-order valence-electron chi connectivity index (χ3n) is 4.05. The van der Waals surface area contributed by atoms with Crippen molar-refractivity contribution in [2.24, 2.45) is 5.73 Å². The Balaban J connectivity index is 2.18. The number of nitrogens with zero attached hydrogens (tertiary/aromatic N) is 1. The molecule has 1 fully saturated rings. The van der Waals surface area contributed by atoms with Crippen molar-refractivity contribution in [2.45, 2.75) is 0 Å². The molecule has 0 aliphatic carbocycles. The Morgan fingerprint density at radius 2 is 0.792 bits per heavy atom. The number of nitrogens with two attached hydrogens (primary N) is 1. The first kappa shape index (κ1) is 21.7. The Morgan fingerprint density at radius 1 is 0.500 bits per heavy atom. The smallest absolute Gasteiger partial charge is 0.0108 e. The molecule has 0 aromatic heterocycles. The van der Waals surface area contributed by atoms with E-state index in [1.54, 1.807) is 0 Å². The Bertz CT molecular complexity index is 232. The Morgan fingerprint density at radius 3 is 1.08 bits per heavy atom. The van der Waals surface area contributed by atoms with Crippen molar-refractivity contribution in [3.05, 3.63) is 0 Å². The summed E-state index contributed by atoms with van der Waals surface area (Å²) in [5.74, 6) is 0. The van der Waals surface area contributed by atoms with Crippen LogP contribution >= 0.6 is 0 Å². The second kappa shape index (κ2) is 17.5. The summed E-state index contributed by atoms with van der Waals surface area (Å²) in [5.41, 5.74) is 5.72. The molecule has 0 radical (unpaired) electrons. The van der Waals surface area contributed by atoms with Gasteiger partial charge in [0.25, 0.3) is 0 Å². The maximum Gasteiger partial charge on any atom is 0.0108 e. The van der Waals surface area contributed by atoms with Crippen LogP contribution < -0.4 is 37.6 Å². The summed E-state index contributed by atoms with van der Waals surface area (Å²) in [4.78, 5) is 2.43. The van der Waals surface area contributed by atoms with Crippen molar-refractivity contribution < 1.29 is 0 Å². The summed E-state index contributed by atoms with van der Waals surface area (Å²) in [5, 5.41) is 20.8. The van der Waals surface area contributed by atoms with Gasteiger partial charge in [0, 0.05) is 105 Å². The molecule has 0 amide bonds. The average Bonchev–Trinajstić information content (AvgIpc) is 2.59. The van der Waals surface area contributed by atoms with Crippen molar-refractivity contribution in [1.29, 1.82) is 0 Å². The molecule has 1 heterocycles. The lowest BCUT2D eigenvalue weighted by molar-refractivity contribution is 0.280. The second-order valence-corrected chi connectivity index (χ2v) is 6.13. The van der Waals surface area contributed by atoms with Crippen LogP contribution in [0, 0.1) is 0 Å². The van der Waals surface area contributed by atoms with Gasteiger partial charge in [-0.15, -0.1) is 0 Å². The first-order valence-electron chi connectivity index (χ1n) is 9.60. The van der Waals surface area contributed by atoms with Crippen LogP contribution in [0.5, 0.6) is 0 Å². The minimum atomic E-state index is 0.725. The monoisotopic (exact) mass is 344 g/mol. The molecule has 1 rings (SSSR count). The third-order valence-corrected chi connectivity index (χ3v) is 4.05. The van der Waals surface area contributed by atoms with Gasteiger partial charge < -0.3 is 37.6 Å². The van der Waals surface area contributed by atoms with Gasteiger partial charge >= 0.3 is 0 Å². The molecule has 0 atom stereocenters. The molecule has 0 aromatic carbocycles. The number of rotatable bonds is 2. The van der Waals surface area contributed by atoms with E-state index in [2.05, 4.69) is 36.8 Å². The highest BCUT2D eigenvalue weighted by molar-refractivity contribution is 4.64. The molecular weight excluding hydrogens is 304 g/mol. The Hall–Kier alpha value is -0.320. The van der Waals surface area contributed by atoms with E-state index in [1.165, 1.54) is 0 Å². The zero-order valence-corrected chi connectivity index (χ0v) is 15.3. The number of hydrogen-bond acceptors (Lipinski definition) is 8. The lowest BCUT2D eigenvalue weighted by atomic mass is 10.4. The normalized spacial score (nSPS) is 23.4. The topological polar surface area (TPSA) is 101 Å². The summed E-state index contributed by atoms with van der Waals surface area (Å²) < 4.78 is 0. The summed E-state index contributed by atoms with van der Waals surface area (Å²) in [6.45, 7) is 16.1. The maximum atomic E-state index is 5.72. The molecule has 0 aromatic rings. The van der Waals surface area contributed by atoms with Crippen LogP contribution in [-0.4, -0.2) is 110 Å². The van der Waals surface area contributed by atoms with Crippen LogP contribution in [0.25, 0.3) is 0 Å². The number of nitrogens with one attached hydrogen (secondary N) is 6. The standard InChI is InChI=1S/C16H40N8/c17-1-14-24-15-12-22-10-8-20-6-4-18-2-3-19-5-7-21-9-11-23-13-16-24/h18-23H,1-17H2. The SMILES string of the molecule is NCCN1CCNCCNCCNCCNCCNCCNCC1. The molecule has 8 N–H and O–H groups in total. The minimum Gasteiger partial charge on any atom is -0.329 e. The molecule has 0 bridgehead atoms. The van der Waals surface area contributed by atoms with Crippen molar-refractivity contribution in [3.63, 3.8) is 0 Å². The lowest BCUT2D eigenvalue weighted by Gasteiger charge is -2.22. The first-order chi connectivity index (χ1) is 11.9. The molecule has 1 aliphatic heterocycles. The van der Waals surface area contributed by atoms with Crippen LogP contribution in [0.4, 0.5) is 0 Å². The fourth-order valence-electron chi connectivity index (χ4n) is 2.63. The lowest BCUT2D eigenvalue weighted by Crippen LogP contribution is -2.41. The summed E-state index contributed by atoms with van der Waals surface area (Å²) >= 11 is 0. The van der Waals surface area contributed by atoms with Gasteiger partial charge in [-0.05, 0) is 0 Å². The van der Waals surface area contributed by atoms with Gasteiger partial charge in [0.05, 0.1) is 0 Å². The molecule has 8 nitrogen and oxygen atoms in total. The van der Waals surface area contributed by atoms with Crippen molar-refractivity contribution in [3.8, 4) is 0 Å². The molecule has 144 valence electrons. The van der Waals surface area contributed by atoms with E-state index in [4.69, 9.17) is 5.73 Å². The quantitative estimate of drug-likeness (QED) is 0.281. The van der Waals surface area contributed by atoms with E-state index in [0.717, 1.165) is 105 Å². The van der Waals surface area contributed by atoms with E-state index >= 15 is 0 Å². The zero-order valence-electron chi connectivity index (χ0n) is 15.3. The maximum absolute atomic E-state index is 5.72. The molecule has 24 heavy (non-hydrogen) atoms. The summed E-state index contributed by atoms with van der Waals surface area (Å²) in [7, 11) is 0. The van der Waals surface area contributed by atoms with E-state index in [-0.39, 0.29) is 0 Å². The van der Waals surface area contributed by atoms with Gasteiger partial charge in [-0.2, -0.15) is 0 Å². The second-order valence-electron chi connectivity index (χ2n) is 6.13. The van der Waals surface area contributed by atoms with Gasteiger partial charge in [0.15, 0.2) is 0 Å². The molecule has 0 saturated carbocycles. The van der Waals surface area contributed by atoms with Gasteiger partial charge in [-0.25, -0.2) is 0 Å². The van der Waals surface area contributed by atoms with Crippen LogP contribution in [-0.2, 0) is 0 Å². The molecule has 0 spiro atoms. The Labute approximate surface area is 148 Å². The molecule has 1 aliphatic rings. The molecule has 1 saturated heterocycles. The molecule has 8 heteroatoms. The summed E-state index contributed by atoms with van der Waals surface area (Å²) in [6.07, 6.45) is 0. The predicted octanol–water partition coefficient (Wildman–Crippen LogP) is -3.20. The largest absolute Gasteiger partial charge is 0.329 e. The zero-order chi connectivity index (χ0) is 17.1. The van der Waals surface area contributed by atoms with Crippen LogP contribution in [0.2, 0.25) is 0 Å². The predicted molar refractivity (Wildman–Crippen MR) is 103 cm³/mol. The molecule has 0 unspecified atom stereocenters. The fraction of sp³-hybridized carbons (Fsp3) is 1.00. The first-order valence-corrected chi connectivity index (χ1v) is 9.60. The third kappa shape index (κ3) is 14.1. The van der Waals surface area contributed by atoms with E-state index < -0.39 is 0 Å². The van der Waals surface area contributed by atoms with Gasteiger partial charge in [0.2, 0.25) is 0 Å². The summed E-state index contributed by atoms with van der Waals surface area (Å²) in [6, 6.07) is 0. The van der Waals surface area contributed by atoms with Crippen LogP contribution in [0.15, 0.2) is 0 Å². The van der Waals surface area contributed by atoms with Crippen molar-refractivity contribution in [1.82, 2.24) is 36.8 Å². The van der Waals surface area contributed by atoms with Gasteiger partial charge in [-0.1, -0.05) is 0 Å². The minimum absolute atomic E-state index is 0.725. The van der Waals surface area contributed by atoms with E-state index in [9.17, 15) is 0 Å². The Kier molecular flexibility index (Phi) is 15.8. The van der Waals surface area contributed by atoms with E-state index in [0.29, 0.717) is 0 Å². The van der Waals surface area contributed by atoms with Gasteiger partial charge in [-0.3, -0.25) is 4.90 Å². The highest BCUT2D eigenvalue weighted by Gasteiger charge is 2.03. The fourth-order valence-corrected chi connectivity index (χ4v) is 2.63. The highest BCUT2D eigenvalue weighted by Crippen LogP contribution is 1.84. The van der Waals surface area contributed by atoms with E-state index in [1.807, 2.05) is 0 Å². The molecular formula is C16H40N8. The van der Waals surface area contributed by atoms with Gasteiger partial charge in [0.1, 0.15) is 0 Å². The highest BCUT2D eigenvalue weighted by atomic mass is 15.2. The van der Waals surface area contributed by atoms with Crippen molar-refractivity contribution >= 4 is 0 Å². The number of hydrogen-bond donors (Lipinski definition) is 7. The average molecular weight is 345 g/mol.